The van der Waals surface area contributed by atoms with E-state index in [9.17, 15) is 14.4 Å². The number of hydrogen-bond donors (Lipinski definition) is 0. The average Bonchev–Trinajstić information content (AvgIpc) is 2.73. The molecule has 0 saturated carbocycles. The highest BCUT2D eigenvalue weighted by molar-refractivity contribution is 6.30. The molecule has 0 fully saturated rings. The van der Waals surface area contributed by atoms with Crippen LogP contribution in [-0.4, -0.2) is 51.7 Å². The first-order valence-electron chi connectivity index (χ1n) is 8.35. The van der Waals surface area contributed by atoms with Crippen molar-refractivity contribution in [1.29, 1.82) is 0 Å². The van der Waals surface area contributed by atoms with E-state index in [-0.39, 0.29) is 30.9 Å². The molecule has 0 bridgehead atoms. The van der Waals surface area contributed by atoms with Gasteiger partial charge in [0, 0.05) is 24.3 Å². The maximum atomic E-state index is 12.9. The van der Waals surface area contributed by atoms with Crippen LogP contribution in [0.2, 0.25) is 0 Å². The van der Waals surface area contributed by atoms with Crippen LogP contribution in [0.25, 0.3) is 0 Å². The first kappa shape index (κ1) is 21.2. The minimum absolute atomic E-state index is 0.0818. The minimum atomic E-state index is -0.705. The molecular formula is C18H27ClN2O4. The van der Waals surface area contributed by atoms with Gasteiger partial charge in [0.15, 0.2) is 5.78 Å². The molecule has 1 aromatic rings. The first-order valence-corrected chi connectivity index (χ1v) is 8.78. The highest BCUT2D eigenvalue weighted by Gasteiger charge is 2.29. The van der Waals surface area contributed by atoms with Crippen molar-refractivity contribution in [3.63, 3.8) is 0 Å². The number of halogens is 1. The molecule has 1 aromatic heterocycles. The summed E-state index contributed by atoms with van der Waals surface area (Å²) in [4.78, 5) is 38.7. The van der Waals surface area contributed by atoms with Gasteiger partial charge in [-0.15, -0.1) is 11.6 Å². The van der Waals surface area contributed by atoms with Crippen molar-refractivity contribution in [3.05, 3.63) is 22.5 Å². The summed E-state index contributed by atoms with van der Waals surface area (Å²) in [5.74, 6) is -0.974. The van der Waals surface area contributed by atoms with Gasteiger partial charge in [0.25, 0.3) is 0 Å². The van der Waals surface area contributed by atoms with Gasteiger partial charge in [-0.2, -0.15) is 0 Å². The Kier molecular flexibility index (Phi) is 7.23. The monoisotopic (exact) mass is 370 g/mol. The molecule has 0 aliphatic rings. The van der Waals surface area contributed by atoms with Crippen molar-refractivity contribution in [1.82, 2.24) is 9.47 Å². The molecule has 0 saturated heterocycles. The number of nitrogens with zero attached hydrogens (tertiary/aromatic N) is 2. The van der Waals surface area contributed by atoms with Crippen LogP contribution in [-0.2, 0) is 16.6 Å². The molecule has 140 valence electrons. The number of hydrogen-bond acceptors (Lipinski definition) is 4. The highest BCUT2D eigenvalue weighted by atomic mass is 35.5. The van der Waals surface area contributed by atoms with E-state index < -0.39 is 11.3 Å². The van der Waals surface area contributed by atoms with Crippen molar-refractivity contribution < 1.29 is 19.1 Å². The van der Waals surface area contributed by atoms with Crippen LogP contribution in [0, 0.1) is 13.8 Å². The third kappa shape index (κ3) is 4.42. The molecule has 6 nitrogen and oxygen atoms in total. The molecule has 25 heavy (non-hydrogen) atoms. The summed E-state index contributed by atoms with van der Waals surface area (Å²) in [6.45, 7) is 10.7. The Labute approximate surface area is 154 Å². The van der Waals surface area contributed by atoms with Crippen molar-refractivity contribution in [3.8, 4) is 0 Å². The molecule has 0 spiro atoms. The maximum absolute atomic E-state index is 12.9. The SMILES string of the molecule is CCOC(=O)c1c(C)c(C(=O)CN(C(=O)[C@H](C)Cl)C(C)C)c(C)n1C. The molecule has 1 rings (SSSR count). The Morgan fingerprint density at radius 2 is 1.76 bits per heavy atom. The van der Waals surface area contributed by atoms with Crippen LogP contribution in [0.15, 0.2) is 0 Å². The van der Waals surface area contributed by atoms with Gasteiger partial charge in [-0.3, -0.25) is 9.59 Å². The van der Waals surface area contributed by atoms with Crippen molar-refractivity contribution in [2.24, 2.45) is 7.05 Å². The normalized spacial score (nSPS) is 12.2. The Bertz CT molecular complexity index is 677. The molecule has 0 aromatic carbocycles. The second-order valence-electron chi connectivity index (χ2n) is 6.31. The van der Waals surface area contributed by atoms with E-state index in [0.29, 0.717) is 22.5 Å². The van der Waals surface area contributed by atoms with Gasteiger partial charge >= 0.3 is 5.97 Å². The molecule has 1 heterocycles. The summed E-state index contributed by atoms with van der Waals surface area (Å²) >= 11 is 5.90. The van der Waals surface area contributed by atoms with E-state index in [1.165, 1.54) is 4.90 Å². The second-order valence-corrected chi connectivity index (χ2v) is 6.97. The summed E-state index contributed by atoms with van der Waals surface area (Å²) < 4.78 is 6.73. The van der Waals surface area contributed by atoms with Crippen molar-refractivity contribution in [2.45, 2.75) is 53.0 Å². The van der Waals surface area contributed by atoms with Crippen LogP contribution < -0.4 is 0 Å². The predicted octanol–water partition coefficient (Wildman–Crippen LogP) is 2.87. The zero-order valence-corrected chi connectivity index (χ0v) is 16.7. The molecule has 1 amide bonds. The number of ether oxygens (including phenoxy) is 1. The van der Waals surface area contributed by atoms with E-state index in [2.05, 4.69) is 0 Å². The molecule has 1 atom stereocenters. The Balaban J connectivity index is 3.24. The van der Waals surface area contributed by atoms with E-state index in [1.54, 1.807) is 39.3 Å². The summed E-state index contributed by atoms with van der Waals surface area (Å²) in [5.41, 5.74) is 2.04. The number of carbonyl (C=O) groups is 3. The van der Waals surface area contributed by atoms with Crippen LogP contribution >= 0.6 is 11.6 Å². The fourth-order valence-electron chi connectivity index (χ4n) is 2.85. The lowest BCUT2D eigenvalue weighted by molar-refractivity contribution is -0.131. The second kappa shape index (κ2) is 8.52. The molecule has 0 unspecified atom stereocenters. The van der Waals surface area contributed by atoms with Crippen molar-refractivity contribution >= 4 is 29.3 Å². The number of ketones is 1. The third-order valence-electron chi connectivity index (χ3n) is 4.24. The van der Waals surface area contributed by atoms with E-state index >= 15 is 0 Å². The van der Waals surface area contributed by atoms with Crippen molar-refractivity contribution in [2.75, 3.05) is 13.2 Å². The standard InChI is InChI=1S/C18H27ClN2O4/c1-8-25-18(24)16-11(4)15(13(6)20(16)7)14(22)9-21(10(2)3)17(23)12(5)19/h10,12H,8-9H2,1-7H3/t12-/m0/s1. The smallest absolute Gasteiger partial charge is 0.355 e. The third-order valence-corrected chi connectivity index (χ3v) is 4.43. The van der Waals surface area contributed by atoms with Crippen LogP contribution in [0.3, 0.4) is 0 Å². The molecule has 0 aliphatic heterocycles. The first-order chi connectivity index (χ1) is 11.5. The summed E-state index contributed by atoms with van der Waals surface area (Å²) in [6, 6.07) is -0.161. The van der Waals surface area contributed by atoms with Crippen LogP contribution in [0.5, 0.6) is 0 Å². The van der Waals surface area contributed by atoms with Gasteiger partial charge in [-0.1, -0.05) is 0 Å². The molecule has 0 aliphatic carbocycles. The van der Waals surface area contributed by atoms with Gasteiger partial charge < -0.3 is 14.2 Å². The predicted molar refractivity (Wildman–Crippen MR) is 97.3 cm³/mol. The molecule has 0 N–H and O–H groups in total. The van der Waals surface area contributed by atoms with Gasteiger partial charge in [-0.25, -0.2) is 4.79 Å². The topological polar surface area (TPSA) is 68.6 Å². The summed E-state index contributed by atoms with van der Waals surface area (Å²) in [5, 5.41) is -0.705. The van der Waals surface area contributed by atoms with Crippen LogP contribution in [0.4, 0.5) is 0 Å². The lowest BCUT2D eigenvalue weighted by atomic mass is 10.0. The average molecular weight is 371 g/mol. The van der Waals surface area contributed by atoms with E-state index in [1.807, 2.05) is 13.8 Å². The minimum Gasteiger partial charge on any atom is -0.461 e. The number of Topliss-reactive ketones (excluding diaryl/α,β-unsaturated/α-hetero) is 1. The number of esters is 1. The number of rotatable bonds is 7. The molecular weight excluding hydrogens is 344 g/mol. The molecule has 0 radical (unpaired) electrons. The number of aromatic nitrogens is 1. The highest BCUT2D eigenvalue weighted by Crippen LogP contribution is 2.23. The zero-order chi connectivity index (χ0) is 19.5. The quantitative estimate of drug-likeness (QED) is 0.420. The largest absolute Gasteiger partial charge is 0.461 e. The number of alkyl halides is 1. The van der Waals surface area contributed by atoms with E-state index in [0.717, 1.165) is 0 Å². The Morgan fingerprint density at radius 3 is 2.20 bits per heavy atom. The van der Waals surface area contributed by atoms with Crippen LogP contribution in [0.1, 0.15) is 59.8 Å². The lowest BCUT2D eigenvalue weighted by Gasteiger charge is -2.27. The van der Waals surface area contributed by atoms with E-state index in [4.69, 9.17) is 16.3 Å². The molecule has 7 heteroatoms. The van der Waals surface area contributed by atoms with Gasteiger partial charge in [0.05, 0.1) is 13.2 Å². The Morgan fingerprint density at radius 1 is 1.20 bits per heavy atom. The van der Waals surface area contributed by atoms with Gasteiger partial charge in [0.1, 0.15) is 11.1 Å². The summed E-state index contributed by atoms with van der Waals surface area (Å²) in [7, 11) is 1.72. The van der Waals surface area contributed by atoms with Gasteiger partial charge in [-0.05, 0) is 47.1 Å². The zero-order valence-electron chi connectivity index (χ0n) is 16.0. The Hall–Kier alpha value is -1.82. The summed E-state index contributed by atoms with van der Waals surface area (Å²) in [6.07, 6.45) is 0. The number of carbonyl (C=O) groups excluding carboxylic acids is 3. The van der Waals surface area contributed by atoms with Gasteiger partial charge in [0.2, 0.25) is 5.91 Å². The lowest BCUT2D eigenvalue weighted by Crippen LogP contribution is -2.44. The maximum Gasteiger partial charge on any atom is 0.355 e. The fourth-order valence-corrected chi connectivity index (χ4v) is 2.98. The number of amides is 1. The fraction of sp³-hybridized carbons (Fsp3) is 0.611.